The van der Waals surface area contributed by atoms with Crippen molar-refractivity contribution in [1.29, 1.82) is 0 Å². The molecule has 1 amide bonds. The lowest BCUT2D eigenvalue weighted by Crippen LogP contribution is -2.44. The van der Waals surface area contributed by atoms with Gasteiger partial charge in [0.1, 0.15) is 0 Å². The molecule has 5 heteroatoms. The minimum atomic E-state index is -0.0124. The summed E-state index contributed by atoms with van der Waals surface area (Å²) >= 11 is 6.35. The van der Waals surface area contributed by atoms with Gasteiger partial charge in [-0.3, -0.25) is 9.69 Å². The van der Waals surface area contributed by atoms with Crippen LogP contribution in [0.3, 0.4) is 0 Å². The van der Waals surface area contributed by atoms with E-state index in [1.54, 1.807) is 0 Å². The van der Waals surface area contributed by atoms with Crippen molar-refractivity contribution in [2.75, 3.05) is 32.8 Å². The Bertz CT molecular complexity index is 473. The van der Waals surface area contributed by atoms with Gasteiger partial charge in [0.25, 0.3) is 0 Å². The number of benzene rings is 1. The van der Waals surface area contributed by atoms with Crippen LogP contribution in [0.1, 0.15) is 25.5 Å². The number of hydrogen-bond acceptors (Lipinski definition) is 3. The second-order valence-electron chi connectivity index (χ2n) is 5.59. The average Bonchev–Trinajstić information content (AvgIpc) is 2.50. The highest BCUT2D eigenvalue weighted by Gasteiger charge is 2.25. The third-order valence-corrected chi connectivity index (χ3v) is 4.09. The summed E-state index contributed by atoms with van der Waals surface area (Å²) < 4.78 is 5.42. The standard InChI is InChI=1S/C16H23ClN2O2/c1-12(2)16(20)18-11-15(19-7-9-21-10-8-19)13-5-3-4-6-14(13)17/h3-6,12,15H,7-11H2,1-2H3,(H,18,20)/t15-/m0/s1. The molecule has 1 fully saturated rings. The third-order valence-electron chi connectivity index (χ3n) is 3.74. The molecule has 0 saturated carbocycles. The monoisotopic (exact) mass is 310 g/mol. The van der Waals surface area contributed by atoms with Crippen molar-refractivity contribution < 1.29 is 9.53 Å². The molecule has 4 nitrogen and oxygen atoms in total. The molecule has 0 radical (unpaired) electrons. The molecule has 0 aliphatic carbocycles. The summed E-state index contributed by atoms with van der Waals surface area (Å²) in [5.41, 5.74) is 1.06. The first-order valence-corrected chi connectivity index (χ1v) is 7.81. The number of amides is 1. The van der Waals surface area contributed by atoms with Gasteiger partial charge >= 0.3 is 0 Å². The SMILES string of the molecule is CC(C)C(=O)NC[C@@H](c1ccccc1Cl)N1CCOCC1. The molecule has 1 saturated heterocycles. The maximum absolute atomic E-state index is 11.9. The lowest BCUT2D eigenvalue weighted by atomic mass is 10.0. The highest BCUT2D eigenvalue weighted by molar-refractivity contribution is 6.31. The van der Waals surface area contributed by atoms with Gasteiger partial charge in [-0.1, -0.05) is 43.6 Å². The van der Waals surface area contributed by atoms with Gasteiger partial charge in [-0.05, 0) is 11.6 Å². The highest BCUT2D eigenvalue weighted by Crippen LogP contribution is 2.27. The number of carbonyl (C=O) groups is 1. The predicted molar refractivity (Wildman–Crippen MR) is 84.4 cm³/mol. The number of nitrogens with zero attached hydrogens (tertiary/aromatic N) is 1. The Hall–Kier alpha value is -1.10. The van der Waals surface area contributed by atoms with Crippen LogP contribution in [0.15, 0.2) is 24.3 Å². The van der Waals surface area contributed by atoms with E-state index < -0.39 is 0 Å². The van der Waals surface area contributed by atoms with E-state index in [9.17, 15) is 4.79 Å². The molecular formula is C16H23ClN2O2. The van der Waals surface area contributed by atoms with Crippen molar-refractivity contribution in [3.8, 4) is 0 Å². The van der Waals surface area contributed by atoms with E-state index in [1.807, 2.05) is 38.1 Å². The Morgan fingerprint density at radius 1 is 1.33 bits per heavy atom. The van der Waals surface area contributed by atoms with Gasteiger partial charge in [0.15, 0.2) is 0 Å². The van der Waals surface area contributed by atoms with Gasteiger partial charge in [0.05, 0.1) is 19.3 Å². The van der Waals surface area contributed by atoms with Crippen molar-refractivity contribution in [1.82, 2.24) is 10.2 Å². The van der Waals surface area contributed by atoms with E-state index in [4.69, 9.17) is 16.3 Å². The van der Waals surface area contributed by atoms with Crippen molar-refractivity contribution in [3.63, 3.8) is 0 Å². The van der Waals surface area contributed by atoms with E-state index >= 15 is 0 Å². The van der Waals surface area contributed by atoms with E-state index in [0.717, 1.165) is 36.9 Å². The fraction of sp³-hybridized carbons (Fsp3) is 0.562. The molecule has 1 aromatic rings. The molecule has 1 N–H and O–H groups in total. The van der Waals surface area contributed by atoms with Crippen LogP contribution in [-0.4, -0.2) is 43.7 Å². The van der Waals surface area contributed by atoms with Crippen LogP contribution in [0.2, 0.25) is 5.02 Å². The van der Waals surface area contributed by atoms with E-state index in [-0.39, 0.29) is 17.9 Å². The molecule has 116 valence electrons. The van der Waals surface area contributed by atoms with Crippen molar-refractivity contribution in [3.05, 3.63) is 34.9 Å². The molecule has 0 aromatic heterocycles. The highest BCUT2D eigenvalue weighted by atomic mass is 35.5. The zero-order valence-corrected chi connectivity index (χ0v) is 13.4. The zero-order chi connectivity index (χ0) is 15.2. The summed E-state index contributed by atoms with van der Waals surface area (Å²) in [6.07, 6.45) is 0. The van der Waals surface area contributed by atoms with Gasteiger partial charge in [-0.15, -0.1) is 0 Å². The minimum absolute atomic E-state index is 0.0124. The predicted octanol–water partition coefficient (Wildman–Crippen LogP) is 2.49. The van der Waals surface area contributed by atoms with E-state index in [0.29, 0.717) is 6.54 Å². The molecule has 0 spiro atoms. The molecule has 1 heterocycles. The Balaban J connectivity index is 2.14. The molecule has 21 heavy (non-hydrogen) atoms. The lowest BCUT2D eigenvalue weighted by molar-refractivity contribution is -0.124. The summed E-state index contributed by atoms with van der Waals surface area (Å²) in [5, 5.41) is 3.77. The van der Waals surface area contributed by atoms with Gasteiger partial charge in [0, 0.05) is 30.6 Å². The number of nitrogens with one attached hydrogen (secondary N) is 1. The van der Waals surface area contributed by atoms with Crippen LogP contribution in [-0.2, 0) is 9.53 Å². The average molecular weight is 311 g/mol. The topological polar surface area (TPSA) is 41.6 Å². The normalized spacial score (nSPS) is 17.7. The summed E-state index contributed by atoms with van der Waals surface area (Å²) in [6, 6.07) is 7.93. The Morgan fingerprint density at radius 3 is 2.62 bits per heavy atom. The molecule has 1 aromatic carbocycles. The zero-order valence-electron chi connectivity index (χ0n) is 12.6. The summed E-state index contributed by atoms with van der Waals surface area (Å²) in [4.78, 5) is 14.2. The van der Waals surface area contributed by atoms with Crippen LogP contribution in [0, 0.1) is 5.92 Å². The summed E-state index contributed by atoms with van der Waals surface area (Å²) in [6.45, 7) is 7.52. The van der Waals surface area contributed by atoms with Crippen molar-refractivity contribution in [2.45, 2.75) is 19.9 Å². The number of halogens is 1. The number of hydrogen-bond donors (Lipinski definition) is 1. The van der Waals surface area contributed by atoms with E-state index in [2.05, 4.69) is 10.2 Å². The number of carbonyl (C=O) groups excluding carboxylic acids is 1. The first kappa shape index (κ1) is 16.3. The largest absolute Gasteiger partial charge is 0.379 e. The molecule has 1 aliphatic heterocycles. The first-order valence-electron chi connectivity index (χ1n) is 7.43. The number of ether oxygens (including phenoxy) is 1. The van der Waals surface area contributed by atoms with Crippen LogP contribution < -0.4 is 5.32 Å². The first-order chi connectivity index (χ1) is 10.1. The maximum atomic E-state index is 11.9. The van der Waals surface area contributed by atoms with Crippen LogP contribution in [0.4, 0.5) is 0 Å². The second-order valence-corrected chi connectivity index (χ2v) is 5.99. The maximum Gasteiger partial charge on any atom is 0.222 e. The minimum Gasteiger partial charge on any atom is -0.379 e. The molecule has 0 unspecified atom stereocenters. The van der Waals surface area contributed by atoms with Gasteiger partial charge in [0.2, 0.25) is 5.91 Å². The fourth-order valence-electron chi connectivity index (χ4n) is 2.47. The number of morpholine rings is 1. The summed E-state index contributed by atoms with van der Waals surface area (Å²) in [7, 11) is 0. The number of rotatable bonds is 5. The molecule has 1 aliphatic rings. The van der Waals surface area contributed by atoms with Crippen molar-refractivity contribution in [2.24, 2.45) is 5.92 Å². The molecule has 0 bridgehead atoms. The Morgan fingerprint density at radius 2 is 2.00 bits per heavy atom. The molecule has 1 atom stereocenters. The van der Waals surface area contributed by atoms with Gasteiger partial charge in [-0.2, -0.15) is 0 Å². The Labute approximate surface area is 131 Å². The van der Waals surface area contributed by atoms with E-state index in [1.165, 1.54) is 0 Å². The smallest absolute Gasteiger partial charge is 0.222 e. The van der Waals surface area contributed by atoms with Crippen LogP contribution in [0.5, 0.6) is 0 Å². The summed E-state index contributed by atoms with van der Waals surface area (Å²) in [5.74, 6) is 0.0573. The molecule has 2 rings (SSSR count). The fourth-order valence-corrected chi connectivity index (χ4v) is 2.73. The molecular weight excluding hydrogens is 288 g/mol. The van der Waals surface area contributed by atoms with Gasteiger partial charge < -0.3 is 10.1 Å². The third kappa shape index (κ3) is 4.43. The van der Waals surface area contributed by atoms with Crippen LogP contribution in [0.25, 0.3) is 0 Å². The quantitative estimate of drug-likeness (QED) is 0.908. The van der Waals surface area contributed by atoms with Crippen molar-refractivity contribution >= 4 is 17.5 Å². The Kier molecular flexibility index (Phi) is 6.03. The lowest BCUT2D eigenvalue weighted by Gasteiger charge is -2.35. The van der Waals surface area contributed by atoms with Crippen LogP contribution >= 0.6 is 11.6 Å². The van der Waals surface area contributed by atoms with Gasteiger partial charge in [-0.25, -0.2) is 0 Å². The second kappa shape index (κ2) is 7.78.